The number of benzene rings is 2. The van der Waals surface area contributed by atoms with Crippen LogP contribution in [0.25, 0.3) is 10.8 Å². The van der Waals surface area contributed by atoms with Gasteiger partial charge in [0.05, 0.1) is 6.54 Å². The van der Waals surface area contributed by atoms with E-state index in [0.717, 1.165) is 30.6 Å². The molecule has 2 aromatic carbocycles. The number of hydrogen-bond donors (Lipinski definition) is 1. The van der Waals surface area contributed by atoms with Crippen molar-refractivity contribution in [1.82, 2.24) is 14.9 Å². The molecule has 2 heterocycles. The van der Waals surface area contributed by atoms with E-state index in [1.54, 1.807) is 0 Å². The fraction of sp³-hybridized carbons (Fsp3) is 0.346. The summed E-state index contributed by atoms with van der Waals surface area (Å²) in [6, 6.07) is 16.4. The lowest BCUT2D eigenvalue weighted by Crippen LogP contribution is -2.27. The first-order chi connectivity index (χ1) is 15.4. The number of anilines is 1. The van der Waals surface area contributed by atoms with Crippen LogP contribution in [0.4, 0.5) is 5.82 Å². The van der Waals surface area contributed by atoms with Gasteiger partial charge in [-0.3, -0.25) is 9.48 Å². The molecule has 1 atom stereocenters. The Morgan fingerprint density at radius 1 is 1.16 bits per heavy atom. The van der Waals surface area contributed by atoms with Gasteiger partial charge in [0.2, 0.25) is 0 Å². The van der Waals surface area contributed by atoms with Crippen LogP contribution in [0.1, 0.15) is 54.6 Å². The monoisotopic (exact) mass is 428 g/mol. The second-order valence-electron chi connectivity index (χ2n) is 9.73. The summed E-state index contributed by atoms with van der Waals surface area (Å²) in [7, 11) is 0. The Kier molecular flexibility index (Phi) is 5.08. The quantitative estimate of drug-likeness (QED) is 0.467. The SMILES string of the molecule is CC(C)(C)C1CCc2onc(C(=O)Nc3ccn(Cc4cccc5ccccc45)n3)c2C1. The molecule has 0 saturated heterocycles. The Bertz CT molecular complexity index is 1270. The number of rotatable bonds is 4. The number of aromatic nitrogens is 3. The second-order valence-corrected chi connectivity index (χ2v) is 9.73. The second kappa shape index (κ2) is 7.93. The molecule has 1 unspecified atom stereocenters. The molecule has 1 aliphatic carbocycles. The minimum absolute atomic E-state index is 0.184. The summed E-state index contributed by atoms with van der Waals surface area (Å²) in [6.45, 7) is 7.37. The molecule has 1 aliphatic rings. The average molecular weight is 429 g/mol. The molecule has 2 aromatic heterocycles. The van der Waals surface area contributed by atoms with Crippen molar-refractivity contribution in [1.29, 1.82) is 0 Å². The highest BCUT2D eigenvalue weighted by molar-refractivity contribution is 6.03. The van der Waals surface area contributed by atoms with Gasteiger partial charge >= 0.3 is 0 Å². The Labute approximate surface area is 187 Å². The van der Waals surface area contributed by atoms with Crippen LogP contribution in [-0.4, -0.2) is 20.8 Å². The smallest absolute Gasteiger partial charge is 0.279 e. The molecule has 0 spiro atoms. The van der Waals surface area contributed by atoms with E-state index in [9.17, 15) is 4.79 Å². The number of carbonyl (C=O) groups is 1. The Morgan fingerprint density at radius 2 is 1.97 bits per heavy atom. The van der Waals surface area contributed by atoms with E-state index in [1.807, 2.05) is 29.1 Å². The number of amides is 1. The summed E-state index contributed by atoms with van der Waals surface area (Å²) in [4.78, 5) is 13.0. The van der Waals surface area contributed by atoms with E-state index in [1.165, 1.54) is 16.3 Å². The first-order valence-electron chi connectivity index (χ1n) is 11.2. The first kappa shape index (κ1) is 20.5. The van der Waals surface area contributed by atoms with Crippen molar-refractivity contribution in [3.8, 4) is 0 Å². The zero-order chi connectivity index (χ0) is 22.3. The summed E-state index contributed by atoms with van der Waals surface area (Å²) < 4.78 is 7.33. The number of aryl methyl sites for hydroxylation is 1. The number of fused-ring (bicyclic) bond motifs is 2. The summed E-state index contributed by atoms with van der Waals surface area (Å²) in [5.41, 5.74) is 2.70. The molecule has 5 rings (SSSR count). The molecule has 164 valence electrons. The maximum atomic E-state index is 13.0. The fourth-order valence-electron chi connectivity index (χ4n) is 4.62. The summed E-state index contributed by atoms with van der Waals surface area (Å²) >= 11 is 0. The first-order valence-corrected chi connectivity index (χ1v) is 11.2. The highest BCUT2D eigenvalue weighted by Gasteiger charge is 2.34. The van der Waals surface area contributed by atoms with E-state index in [-0.39, 0.29) is 11.3 Å². The van der Waals surface area contributed by atoms with Crippen molar-refractivity contribution < 1.29 is 9.32 Å². The van der Waals surface area contributed by atoms with Gasteiger partial charge in [0.15, 0.2) is 11.5 Å². The molecular formula is C26H28N4O2. The molecule has 0 radical (unpaired) electrons. The molecule has 0 bridgehead atoms. The molecule has 6 nitrogen and oxygen atoms in total. The molecule has 1 amide bonds. The van der Waals surface area contributed by atoms with E-state index in [4.69, 9.17) is 4.52 Å². The minimum Gasteiger partial charge on any atom is -0.360 e. The topological polar surface area (TPSA) is 73.0 Å². The Morgan fingerprint density at radius 3 is 2.81 bits per heavy atom. The molecule has 1 N–H and O–H groups in total. The zero-order valence-corrected chi connectivity index (χ0v) is 18.8. The number of nitrogens with one attached hydrogen (secondary N) is 1. The minimum atomic E-state index is -0.264. The average Bonchev–Trinajstić information content (AvgIpc) is 3.39. The van der Waals surface area contributed by atoms with Crippen LogP contribution in [0, 0.1) is 11.3 Å². The molecule has 32 heavy (non-hydrogen) atoms. The normalized spacial score (nSPS) is 16.2. The van der Waals surface area contributed by atoms with Gasteiger partial charge in [-0.15, -0.1) is 0 Å². The van der Waals surface area contributed by atoms with E-state index < -0.39 is 0 Å². The third-order valence-corrected chi connectivity index (χ3v) is 6.57. The van der Waals surface area contributed by atoms with Crippen molar-refractivity contribution in [3.05, 3.63) is 77.3 Å². The van der Waals surface area contributed by atoms with Crippen molar-refractivity contribution in [2.24, 2.45) is 11.3 Å². The van der Waals surface area contributed by atoms with Gasteiger partial charge in [-0.1, -0.05) is 68.4 Å². The van der Waals surface area contributed by atoms with Gasteiger partial charge in [0.25, 0.3) is 5.91 Å². The largest absolute Gasteiger partial charge is 0.360 e. The number of carbonyl (C=O) groups excluding carboxylic acids is 1. The fourth-order valence-corrected chi connectivity index (χ4v) is 4.62. The zero-order valence-electron chi connectivity index (χ0n) is 18.8. The van der Waals surface area contributed by atoms with Gasteiger partial charge in [0.1, 0.15) is 5.76 Å². The summed E-state index contributed by atoms with van der Waals surface area (Å²) in [6.07, 6.45) is 4.59. The van der Waals surface area contributed by atoms with Gasteiger partial charge in [-0.25, -0.2) is 0 Å². The standard InChI is InChI=1S/C26H28N4O2/c1-26(2,3)19-11-12-22-21(15-19)24(29-32-22)25(31)27-23-13-14-30(28-23)16-18-9-6-8-17-7-4-5-10-20(17)18/h4-10,13-14,19H,11-12,15-16H2,1-3H3,(H,27,28,31). The molecule has 0 saturated carbocycles. The van der Waals surface area contributed by atoms with Gasteiger partial charge in [-0.05, 0) is 40.5 Å². The summed E-state index contributed by atoms with van der Waals surface area (Å²) in [5.74, 6) is 1.59. The molecule has 4 aromatic rings. The van der Waals surface area contributed by atoms with Crippen molar-refractivity contribution in [2.45, 2.75) is 46.6 Å². The summed E-state index contributed by atoms with van der Waals surface area (Å²) in [5, 5.41) is 14.0. The predicted molar refractivity (Wildman–Crippen MR) is 125 cm³/mol. The predicted octanol–water partition coefficient (Wildman–Crippen LogP) is 5.48. The van der Waals surface area contributed by atoms with Gasteiger partial charge in [-0.2, -0.15) is 5.10 Å². The lowest BCUT2D eigenvalue weighted by molar-refractivity contribution is 0.101. The van der Waals surface area contributed by atoms with Crippen LogP contribution in [-0.2, 0) is 19.4 Å². The Balaban J connectivity index is 1.32. The van der Waals surface area contributed by atoms with Crippen LogP contribution in [0.5, 0.6) is 0 Å². The number of nitrogens with zero attached hydrogens (tertiary/aromatic N) is 3. The molecule has 0 fully saturated rings. The maximum Gasteiger partial charge on any atom is 0.279 e. The van der Waals surface area contributed by atoms with E-state index in [2.05, 4.69) is 66.7 Å². The van der Waals surface area contributed by atoms with Crippen LogP contribution in [0.2, 0.25) is 0 Å². The maximum absolute atomic E-state index is 13.0. The Hall–Kier alpha value is -3.41. The lowest BCUT2D eigenvalue weighted by atomic mass is 9.71. The molecular weight excluding hydrogens is 400 g/mol. The van der Waals surface area contributed by atoms with Crippen molar-refractivity contribution in [3.63, 3.8) is 0 Å². The number of hydrogen-bond acceptors (Lipinski definition) is 4. The van der Waals surface area contributed by atoms with Crippen LogP contribution < -0.4 is 5.32 Å². The highest BCUT2D eigenvalue weighted by Crippen LogP contribution is 2.38. The van der Waals surface area contributed by atoms with Gasteiger partial charge in [0, 0.05) is 24.2 Å². The van der Waals surface area contributed by atoms with E-state index >= 15 is 0 Å². The third-order valence-electron chi connectivity index (χ3n) is 6.57. The van der Waals surface area contributed by atoms with Crippen molar-refractivity contribution >= 4 is 22.5 Å². The molecule has 6 heteroatoms. The van der Waals surface area contributed by atoms with E-state index in [0.29, 0.717) is 24.0 Å². The van der Waals surface area contributed by atoms with Crippen LogP contribution in [0.15, 0.2) is 59.3 Å². The van der Waals surface area contributed by atoms with Crippen LogP contribution >= 0.6 is 0 Å². The lowest BCUT2D eigenvalue weighted by Gasteiger charge is -2.33. The van der Waals surface area contributed by atoms with Crippen LogP contribution in [0.3, 0.4) is 0 Å². The third kappa shape index (κ3) is 3.93. The van der Waals surface area contributed by atoms with Crippen molar-refractivity contribution in [2.75, 3.05) is 5.32 Å². The van der Waals surface area contributed by atoms with Gasteiger partial charge < -0.3 is 9.84 Å². The highest BCUT2D eigenvalue weighted by atomic mass is 16.5. The molecule has 0 aliphatic heterocycles.